The maximum Gasteiger partial charge on any atom is 0.185 e. The zero-order valence-electron chi connectivity index (χ0n) is 18.1. The largest absolute Gasteiger partial charge is 0.507 e. The van der Waals surface area contributed by atoms with Gasteiger partial charge in [-0.3, -0.25) is 0 Å². The van der Waals surface area contributed by atoms with Crippen LogP contribution in [-0.2, 0) is 0 Å². The standard InChI is InChI=1S/C22H25F2N7O/c1-21-6-7-22(2,29-21)19(24)16(9-21)30(3)18-11-25-20(28-27-18)15-5-4-14(8-17(15)32)31-12-13(23)10-26-31/h4-5,8,10-12,16,19,29,32H,6-7,9H2,1-3H3/t16-,19-,21-,22+/m0/s1. The molecule has 3 aromatic rings. The quantitative estimate of drug-likeness (QED) is 0.643. The first-order valence-corrected chi connectivity index (χ1v) is 10.6. The number of fused-ring (bicyclic) bond motifs is 2. The highest BCUT2D eigenvalue weighted by molar-refractivity contribution is 5.66. The monoisotopic (exact) mass is 441 g/mol. The molecule has 2 N–H and O–H groups in total. The average molecular weight is 441 g/mol. The molecule has 2 fully saturated rings. The fourth-order valence-corrected chi connectivity index (χ4v) is 5.05. The minimum atomic E-state index is -1.05. The van der Waals surface area contributed by atoms with Crippen LogP contribution in [0.5, 0.6) is 5.75 Å². The number of piperidine rings is 1. The van der Waals surface area contributed by atoms with Crippen molar-refractivity contribution in [3.8, 4) is 22.8 Å². The summed E-state index contributed by atoms with van der Waals surface area (Å²) in [6.07, 6.45) is 5.20. The molecule has 0 amide bonds. The number of nitrogens with zero attached hydrogens (tertiary/aromatic N) is 6. The molecular formula is C22H25F2N7O. The third kappa shape index (κ3) is 3.38. The molecule has 2 bridgehead atoms. The summed E-state index contributed by atoms with van der Waals surface area (Å²) >= 11 is 0. The van der Waals surface area contributed by atoms with Gasteiger partial charge in [0.1, 0.15) is 11.9 Å². The van der Waals surface area contributed by atoms with Crippen molar-refractivity contribution < 1.29 is 13.9 Å². The third-order valence-corrected chi connectivity index (χ3v) is 6.84. The molecule has 4 heterocycles. The van der Waals surface area contributed by atoms with Gasteiger partial charge in [-0.05, 0) is 45.2 Å². The molecule has 0 spiro atoms. The fraction of sp³-hybridized carbons (Fsp3) is 0.455. The van der Waals surface area contributed by atoms with Gasteiger partial charge in [-0.1, -0.05) is 0 Å². The second kappa shape index (κ2) is 7.19. The van der Waals surface area contributed by atoms with Gasteiger partial charge in [0.05, 0.1) is 35.9 Å². The van der Waals surface area contributed by atoms with Crippen LogP contribution in [0.3, 0.4) is 0 Å². The third-order valence-electron chi connectivity index (χ3n) is 6.84. The first-order chi connectivity index (χ1) is 15.2. The number of nitrogens with one attached hydrogen (secondary N) is 1. The van der Waals surface area contributed by atoms with Crippen molar-refractivity contribution in [2.24, 2.45) is 0 Å². The Morgan fingerprint density at radius 3 is 2.69 bits per heavy atom. The van der Waals surface area contributed by atoms with Crippen molar-refractivity contribution in [3.63, 3.8) is 0 Å². The molecule has 32 heavy (non-hydrogen) atoms. The van der Waals surface area contributed by atoms with Crippen LogP contribution in [0.25, 0.3) is 17.1 Å². The van der Waals surface area contributed by atoms with Crippen molar-refractivity contribution in [1.82, 2.24) is 30.3 Å². The Morgan fingerprint density at radius 2 is 2.03 bits per heavy atom. The van der Waals surface area contributed by atoms with Gasteiger partial charge in [0.2, 0.25) is 0 Å². The van der Waals surface area contributed by atoms with E-state index in [1.807, 2.05) is 18.9 Å². The summed E-state index contributed by atoms with van der Waals surface area (Å²) in [4.78, 5) is 6.16. The van der Waals surface area contributed by atoms with E-state index in [9.17, 15) is 9.50 Å². The van der Waals surface area contributed by atoms with E-state index >= 15 is 4.39 Å². The predicted molar refractivity (Wildman–Crippen MR) is 115 cm³/mol. The van der Waals surface area contributed by atoms with E-state index in [1.54, 1.807) is 18.3 Å². The van der Waals surface area contributed by atoms with Crippen LogP contribution in [0.4, 0.5) is 14.6 Å². The van der Waals surface area contributed by atoms with Crippen molar-refractivity contribution in [2.75, 3.05) is 11.9 Å². The smallest absolute Gasteiger partial charge is 0.185 e. The second-order valence-corrected chi connectivity index (χ2v) is 9.33. The Morgan fingerprint density at radius 1 is 1.22 bits per heavy atom. The van der Waals surface area contributed by atoms with Crippen LogP contribution in [0.15, 0.2) is 36.8 Å². The Bertz CT molecular complexity index is 1150. The zero-order valence-corrected chi connectivity index (χ0v) is 18.1. The Balaban J connectivity index is 1.37. The number of alkyl halides is 1. The maximum atomic E-state index is 15.4. The molecule has 0 unspecified atom stereocenters. The second-order valence-electron chi connectivity index (χ2n) is 9.33. The summed E-state index contributed by atoms with van der Waals surface area (Å²) in [7, 11) is 1.82. The predicted octanol–water partition coefficient (Wildman–Crippen LogP) is 3.02. The number of halogens is 2. The Kier molecular flexibility index (Phi) is 4.66. The van der Waals surface area contributed by atoms with Crippen molar-refractivity contribution in [1.29, 1.82) is 0 Å². The summed E-state index contributed by atoms with van der Waals surface area (Å²) in [6.45, 7) is 4.09. The molecular weight excluding hydrogens is 416 g/mol. The molecule has 2 aliphatic heterocycles. The van der Waals surface area contributed by atoms with Gasteiger partial charge in [-0.25, -0.2) is 18.4 Å². The van der Waals surface area contributed by atoms with Crippen LogP contribution in [0.2, 0.25) is 0 Å². The average Bonchev–Trinajstić information content (AvgIpc) is 3.32. The maximum absolute atomic E-state index is 15.4. The van der Waals surface area contributed by atoms with Crippen LogP contribution >= 0.6 is 0 Å². The van der Waals surface area contributed by atoms with Crippen molar-refractivity contribution in [2.45, 2.75) is 56.4 Å². The van der Waals surface area contributed by atoms with E-state index in [1.165, 1.54) is 16.9 Å². The molecule has 2 aromatic heterocycles. The Hall–Kier alpha value is -3.14. The van der Waals surface area contributed by atoms with E-state index in [2.05, 4.69) is 32.5 Å². The molecule has 0 saturated carbocycles. The zero-order chi connectivity index (χ0) is 22.7. The van der Waals surface area contributed by atoms with Gasteiger partial charge in [0.15, 0.2) is 17.5 Å². The van der Waals surface area contributed by atoms with Crippen LogP contribution < -0.4 is 10.2 Å². The first kappa shape index (κ1) is 20.7. The molecule has 5 rings (SSSR count). The fourth-order valence-electron chi connectivity index (χ4n) is 5.05. The minimum Gasteiger partial charge on any atom is -0.507 e. The lowest BCUT2D eigenvalue weighted by Crippen LogP contribution is -2.65. The van der Waals surface area contributed by atoms with Crippen molar-refractivity contribution in [3.05, 3.63) is 42.6 Å². The lowest BCUT2D eigenvalue weighted by atomic mass is 9.82. The summed E-state index contributed by atoms with van der Waals surface area (Å²) in [6, 6.07) is 4.41. The number of hydrogen-bond donors (Lipinski definition) is 2. The highest BCUT2D eigenvalue weighted by atomic mass is 19.1. The molecule has 4 atom stereocenters. The van der Waals surface area contributed by atoms with E-state index in [4.69, 9.17) is 0 Å². The van der Waals surface area contributed by atoms with Crippen LogP contribution in [-0.4, -0.2) is 60.4 Å². The number of aromatic hydroxyl groups is 1. The molecule has 10 heteroatoms. The molecule has 1 aromatic carbocycles. The summed E-state index contributed by atoms with van der Waals surface area (Å²) in [5.74, 6) is 0.152. The molecule has 0 radical (unpaired) electrons. The number of phenols is 1. The molecule has 0 aliphatic carbocycles. The number of benzene rings is 1. The van der Waals surface area contributed by atoms with Gasteiger partial charge in [0, 0.05) is 24.2 Å². The Labute approximate surface area is 184 Å². The van der Waals surface area contributed by atoms with Gasteiger partial charge in [-0.15, -0.1) is 10.2 Å². The van der Waals surface area contributed by atoms with Gasteiger partial charge in [-0.2, -0.15) is 5.10 Å². The number of hydrogen-bond acceptors (Lipinski definition) is 7. The molecule has 2 aliphatic rings. The number of aromatic nitrogens is 5. The van der Waals surface area contributed by atoms with Gasteiger partial charge >= 0.3 is 0 Å². The highest BCUT2D eigenvalue weighted by Gasteiger charge is 2.56. The number of rotatable bonds is 4. The topological polar surface area (TPSA) is 92.0 Å². The molecule has 8 nitrogen and oxygen atoms in total. The van der Waals surface area contributed by atoms with E-state index in [0.717, 1.165) is 19.0 Å². The number of anilines is 1. The van der Waals surface area contributed by atoms with Gasteiger partial charge < -0.3 is 15.3 Å². The van der Waals surface area contributed by atoms with Crippen molar-refractivity contribution >= 4 is 5.82 Å². The minimum absolute atomic E-state index is 0.0825. The summed E-state index contributed by atoms with van der Waals surface area (Å²) in [5.41, 5.74) is 0.238. The van der Waals surface area contributed by atoms with E-state index < -0.39 is 17.5 Å². The lowest BCUT2D eigenvalue weighted by molar-refractivity contribution is 0.0859. The van der Waals surface area contributed by atoms with E-state index in [-0.39, 0.29) is 23.2 Å². The summed E-state index contributed by atoms with van der Waals surface area (Å²) in [5, 5.41) is 26.2. The van der Waals surface area contributed by atoms with Crippen LogP contribution in [0.1, 0.15) is 33.1 Å². The highest BCUT2D eigenvalue weighted by Crippen LogP contribution is 2.45. The van der Waals surface area contributed by atoms with Gasteiger partial charge in [0.25, 0.3) is 0 Å². The summed E-state index contributed by atoms with van der Waals surface area (Å²) < 4.78 is 29.9. The SMILES string of the molecule is CN(c1cnc(-c2ccc(-n3cc(F)cn3)cc2O)nn1)[C@H]1C[C@]2(C)CC[C@@](C)(N2)[C@H]1F. The lowest BCUT2D eigenvalue weighted by Gasteiger charge is -2.47. The van der Waals surface area contributed by atoms with E-state index in [0.29, 0.717) is 23.5 Å². The normalized spacial score (nSPS) is 29.3. The number of phenolic OH excluding ortho intramolecular Hbond substituents is 1. The molecule has 2 saturated heterocycles. The van der Waals surface area contributed by atoms with Crippen LogP contribution in [0, 0.1) is 5.82 Å². The molecule has 168 valence electrons. The first-order valence-electron chi connectivity index (χ1n) is 10.6.